The Morgan fingerprint density at radius 2 is 1.81 bits per heavy atom. The third-order valence-electron chi connectivity index (χ3n) is 6.35. The van der Waals surface area contributed by atoms with Gasteiger partial charge in [0.25, 0.3) is 5.56 Å². The summed E-state index contributed by atoms with van der Waals surface area (Å²) in [5, 5.41) is 10.9. The number of hydrogen-bond donors (Lipinski definition) is 0. The Morgan fingerprint density at radius 3 is 2.41 bits per heavy atom. The summed E-state index contributed by atoms with van der Waals surface area (Å²) >= 11 is 0. The molecule has 2 heterocycles. The fourth-order valence-corrected chi connectivity index (χ4v) is 3.95. The third kappa shape index (κ3) is 3.46. The van der Waals surface area contributed by atoms with Crippen LogP contribution in [0.25, 0.3) is 21.9 Å². The monoisotopic (exact) mass is 430 g/mol. The highest BCUT2D eigenvalue weighted by Crippen LogP contribution is 2.37. The van der Waals surface area contributed by atoms with E-state index in [1.54, 1.807) is 36.4 Å². The van der Waals surface area contributed by atoms with Crippen molar-refractivity contribution in [1.82, 2.24) is 4.57 Å². The summed E-state index contributed by atoms with van der Waals surface area (Å²) in [6.07, 6.45) is 1.56. The minimum atomic E-state index is -0.633. The van der Waals surface area contributed by atoms with Gasteiger partial charge < -0.3 is 9.31 Å². The Labute approximate surface area is 186 Å². The van der Waals surface area contributed by atoms with Crippen LogP contribution in [0.4, 0.5) is 4.39 Å². The van der Waals surface area contributed by atoms with Gasteiger partial charge in [-0.1, -0.05) is 30.3 Å². The van der Waals surface area contributed by atoms with E-state index < -0.39 is 24.1 Å². The van der Waals surface area contributed by atoms with E-state index in [2.05, 4.69) is 12.6 Å². The number of halogens is 1. The van der Waals surface area contributed by atoms with Crippen LogP contribution >= 0.6 is 0 Å². The van der Waals surface area contributed by atoms with Gasteiger partial charge >= 0.3 is 7.12 Å². The summed E-state index contributed by atoms with van der Waals surface area (Å²) in [5.74, 6) is -0.428. The van der Waals surface area contributed by atoms with Crippen molar-refractivity contribution in [3.63, 3.8) is 0 Å². The van der Waals surface area contributed by atoms with Crippen LogP contribution in [0, 0.1) is 17.1 Å². The van der Waals surface area contributed by atoms with E-state index in [4.69, 9.17) is 9.31 Å². The van der Waals surface area contributed by atoms with E-state index in [-0.39, 0.29) is 17.8 Å². The summed E-state index contributed by atoms with van der Waals surface area (Å²) in [4.78, 5) is 13.2. The van der Waals surface area contributed by atoms with Crippen LogP contribution < -0.4 is 11.0 Å². The quantitative estimate of drug-likeness (QED) is 0.461. The molecule has 0 radical (unpaired) electrons. The maximum atomic E-state index is 14.1. The molecule has 3 aromatic rings. The van der Waals surface area contributed by atoms with Crippen LogP contribution in [-0.2, 0) is 15.9 Å². The summed E-state index contributed by atoms with van der Waals surface area (Å²) in [6.45, 7) is 11.7. The van der Waals surface area contributed by atoms with E-state index >= 15 is 0 Å². The number of nitriles is 1. The van der Waals surface area contributed by atoms with Crippen molar-refractivity contribution in [3.05, 3.63) is 77.0 Å². The van der Waals surface area contributed by atoms with Crippen molar-refractivity contribution in [1.29, 1.82) is 5.26 Å². The molecule has 1 aliphatic heterocycles. The molecule has 7 heteroatoms. The molecule has 0 aliphatic carbocycles. The van der Waals surface area contributed by atoms with E-state index in [0.29, 0.717) is 21.9 Å². The van der Waals surface area contributed by atoms with Crippen molar-refractivity contribution in [3.8, 4) is 17.2 Å². The molecular formula is C25H24BFN2O3. The summed E-state index contributed by atoms with van der Waals surface area (Å²) in [5.41, 5.74) is 0.513. The molecule has 5 nitrogen and oxygen atoms in total. The van der Waals surface area contributed by atoms with Gasteiger partial charge in [0.2, 0.25) is 0 Å². The Hall–Kier alpha value is -3.21. The zero-order valence-corrected chi connectivity index (χ0v) is 18.6. The average Bonchev–Trinajstić information content (AvgIpc) is 2.96. The van der Waals surface area contributed by atoms with E-state index in [9.17, 15) is 14.4 Å². The van der Waals surface area contributed by atoms with Crippen molar-refractivity contribution >= 4 is 23.4 Å². The van der Waals surface area contributed by atoms with Gasteiger partial charge in [0, 0.05) is 17.5 Å². The second-order valence-corrected chi connectivity index (χ2v) is 8.94. The molecule has 1 saturated heterocycles. The van der Waals surface area contributed by atoms with Crippen LogP contribution in [0.15, 0.2) is 59.9 Å². The number of hydrogen-bond acceptors (Lipinski definition) is 4. The van der Waals surface area contributed by atoms with Gasteiger partial charge in [0.15, 0.2) is 0 Å². The Balaban J connectivity index is 2.03. The second-order valence-electron chi connectivity index (χ2n) is 8.94. The molecule has 0 amide bonds. The molecule has 0 unspecified atom stereocenters. The summed E-state index contributed by atoms with van der Waals surface area (Å²) in [7, 11) is -0.633. The lowest BCUT2D eigenvalue weighted by atomic mass is 9.77. The molecule has 1 aliphatic rings. The lowest BCUT2D eigenvalue weighted by Crippen LogP contribution is -2.41. The van der Waals surface area contributed by atoms with Crippen LogP contribution in [0.1, 0.15) is 33.4 Å². The van der Waals surface area contributed by atoms with E-state index in [1.165, 1.54) is 16.7 Å². The molecule has 4 rings (SSSR count). The predicted octanol–water partition coefficient (Wildman–Crippen LogP) is 4.16. The first-order valence-corrected chi connectivity index (χ1v) is 10.4. The molecule has 1 aromatic heterocycles. The SMILES string of the molecule is C=CCn1c(C#N)c(-c2cccc(F)c2)c2cc(B3OC(C)(C)C(C)(C)O3)ccc2c1=O. The molecule has 0 spiro atoms. The fraction of sp³-hybridized carbons (Fsp3) is 0.280. The molecule has 162 valence electrons. The zero-order valence-electron chi connectivity index (χ0n) is 18.6. The third-order valence-corrected chi connectivity index (χ3v) is 6.35. The zero-order chi connectivity index (χ0) is 23.3. The highest BCUT2D eigenvalue weighted by molar-refractivity contribution is 6.62. The molecule has 0 saturated carbocycles. The molecule has 0 atom stereocenters. The van der Waals surface area contributed by atoms with Gasteiger partial charge in [0.1, 0.15) is 17.6 Å². The van der Waals surface area contributed by atoms with Crippen molar-refractivity contribution in [2.45, 2.75) is 45.4 Å². The number of pyridine rings is 1. The number of nitrogens with zero attached hydrogens (tertiary/aromatic N) is 2. The first-order chi connectivity index (χ1) is 15.1. The van der Waals surface area contributed by atoms with Crippen LogP contribution in [0.3, 0.4) is 0 Å². The first kappa shape index (κ1) is 22.0. The van der Waals surface area contributed by atoms with Crippen molar-refractivity contribution in [2.24, 2.45) is 0 Å². The Kier molecular flexibility index (Phi) is 5.32. The Morgan fingerprint density at radius 1 is 1.12 bits per heavy atom. The van der Waals surface area contributed by atoms with Gasteiger partial charge in [-0.05, 0) is 62.3 Å². The number of aromatic nitrogens is 1. The lowest BCUT2D eigenvalue weighted by Gasteiger charge is -2.32. The highest BCUT2D eigenvalue weighted by atomic mass is 19.1. The molecular weight excluding hydrogens is 406 g/mol. The highest BCUT2D eigenvalue weighted by Gasteiger charge is 2.51. The standard InChI is InChI=1S/C25H24BFN2O3/c1-6-12-29-21(15-28)22(16-8-7-9-18(27)13-16)20-14-17(10-11-19(20)23(29)30)26-31-24(2,3)25(4,5)32-26/h6-11,13-14H,1,12H2,2-5H3. The number of fused-ring (bicyclic) bond motifs is 1. The van der Waals surface area contributed by atoms with Crippen LogP contribution in [0.5, 0.6) is 0 Å². The smallest absolute Gasteiger partial charge is 0.399 e. The number of benzene rings is 2. The van der Waals surface area contributed by atoms with Crippen molar-refractivity contribution < 1.29 is 13.7 Å². The average molecular weight is 430 g/mol. The largest absolute Gasteiger partial charge is 0.494 e. The van der Waals surface area contributed by atoms with Gasteiger partial charge in [-0.2, -0.15) is 5.26 Å². The van der Waals surface area contributed by atoms with Gasteiger partial charge in [-0.15, -0.1) is 6.58 Å². The van der Waals surface area contributed by atoms with E-state index in [1.807, 2.05) is 27.7 Å². The fourth-order valence-electron chi connectivity index (χ4n) is 3.95. The summed E-state index contributed by atoms with van der Waals surface area (Å²) in [6, 6.07) is 13.5. The van der Waals surface area contributed by atoms with Gasteiger partial charge in [-0.25, -0.2) is 4.39 Å². The molecule has 0 N–H and O–H groups in total. The first-order valence-electron chi connectivity index (χ1n) is 10.4. The maximum absolute atomic E-state index is 14.1. The van der Waals surface area contributed by atoms with Gasteiger partial charge in [0.05, 0.1) is 11.2 Å². The molecule has 32 heavy (non-hydrogen) atoms. The number of allylic oxidation sites excluding steroid dienone is 1. The minimum absolute atomic E-state index is 0.152. The Bertz CT molecular complexity index is 1320. The maximum Gasteiger partial charge on any atom is 0.494 e. The van der Waals surface area contributed by atoms with Gasteiger partial charge in [-0.3, -0.25) is 9.36 Å². The lowest BCUT2D eigenvalue weighted by molar-refractivity contribution is 0.00578. The second kappa shape index (κ2) is 7.73. The number of rotatable bonds is 4. The molecule has 0 bridgehead atoms. The normalized spacial score (nSPS) is 16.8. The van der Waals surface area contributed by atoms with Crippen LogP contribution in [0.2, 0.25) is 0 Å². The summed E-state index contributed by atoms with van der Waals surface area (Å²) < 4.78 is 27.8. The van der Waals surface area contributed by atoms with E-state index in [0.717, 1.165) is 5.46 Å². The van der Waals surface area contributed by atoms with Crippen LogP contribution in [-0.4, -0.2) is 22.9 Å². The molecule has 1 fully saturated rings. The minimum Gasteiger partial charge on any atom is -0.399 e. The molecule has 2 aromatic carbocycles. The van der Waals surface area contributed by atoms with Crippen molar-refractivity contribution in [2.75, 3.05) is 0 Å². The predicted molar refractivity (Wildman–Crippen MR) is 124 cm³/mol. The topological polar surface area (TPSA) is 64.2 Å².